The van der Waals surface area contributed by atoms with Gasteiger partial charge in [0.15, 0.2) is 21.5 Å². The number of nitrogens with zero attached hydrogens (tertiary/aromatic N) is 5. The molecule has 2 aromatic heterocycles. The molecule has 0 spiro atoms. The number of rotatable bonds is 4. The summed E-state index contributed by atoms with van der Waals surface area (Å²) in [5.74, 6) is -1.14. The van der Waals surface area contributed by atoms with Crippen LogP contribution >= 0.6 is 0 Å². The lowest BCUT2D eigenvalue weighted by molar-refractivity contribution is -0.138. The molecule has 156 valence electrons. The molecule has 0 atom stereocenters. The average Bonchev–Trinajstić information content (AvgIpc) is 3.08. The molecule has 30 heavy (non-hydrogen) atoms. The van der Waals surface area contributed by atoms with Crippen molar-refractivity contribution in [1.82, 2.24) is 19.7 Å². The van der Waals surface area contributed by atoms with Crippen LogP contribution in [0.25, 0.3) is 22.9 Å². The summed E-state index contributed by atoms with van der Waals surface area (Å²) in [4.78, 5) is 3.08. The van der Waals surface area contributed by atoms with Crippen LogP contribution in [0.15, 0.2) is 35.4 Å². The molecule has 7 nitrogen and oxygen atoms in total. The summed E-state index contributed by atoms with van der Waals surface area (Å²) >= 11 is 0. The fourth-order valence-corrected chi connectivity index (χ4v) is 3.75. The van der Waals surface area contributed by atoms with Gasteiger partial charge in [0.2, 0.25) is 0 Å². The summed E-state index contributed by atoms with van der Waals surface area (Å²) in [6, 6.07) is 5.84. The molecule has 0 unspecified atom stereocenters. The molecular formula is C18H13F4N5O2S. The molecule has 1 aromatic carbocycles. The Balaban J connectivity index is 2.22. The fraction of sp³-hybridized carbons (Fsp3) is 0.222. The van der Waals surface area contributed by atoms with Crippen LogP contribution in [0.4, 0.5) is 17.6 Å². The predicted molar refractivity (Wildman–Crippen MR) is 97.1 cm³/mol. The maximum atomic E-state index is 13.6. The molecule has 0 N–H and O–H groups in total. The van der Waals surface area contributed by atoms with E-state index in [1.165, 1.54) is 30.7 Å². The third-order valence-corrected chi connectivity index (χ3v) is 6.07. The molecule has 0 bridgehead atoms. The van der Waals surface area contributed by atoms with Crippen molar-refractivity contribution in [3.05, 3.63) is 47.4 Å². The number of hydrogen-bond acceptors (Lipinski definition) is 6. The van der Waals surface area contributed by atoms with Crippen molar-refractivity contribution >= 4 is 9.84 Å². The van der Waals surface area contributed by atoms with Crippen LogP contribution in [0, 0.1) is 17.1 Å². The van der Waals surface area contributed by atoms with Gasteiger partial charge in [-0.1, -0.05) is 6.92 Å². The highest BCUT2D eigenvalue weighted by Crippen LogP contribution is 2.34. The van der Waals surface area contributed by atoms with Crippen molar-refractivity contribution < 1.29 is 26.0 Å². The van der Waals surface area contributed by atoms with Gasteiger partial charge in [0, 0.05) is 18.8 Å². The van der Waals surface area contributed by atoms with Gasteiger partial charge in [-0.15, -0.1) is 10.2 Å². The average molecular weight is 439 g/mol. The Labute approximate surface area is 168 Å². The zero-order chi connectivity index (χ0) is 22.3. The molecule has 2 heterocycles. The van der Waals surface area contributed by atoms with Crippen LogP contribution in [-0.2, 0) is 23.1 Å². The van der Waals surface area contributed by atoms with Crippen molar-refractivity contribution in [2.75, 3.05) is 5.75 Å². The highest BCUT2D eigenvalue weighted by molar-refractivity contribution is 7.91. The van der Waals surface area contributed by atoms with E-state index in [-0.39, 0.29) is 22.9 Å². The smallest absolute Gasteiger partial charge is 0.309 e. The van der Waals surface area contributed by atoms with Crippen molar-refractivity contribution in [3.63, 3.8) is 0 Å². The first-order chi connectivity index (χ1) is 14.0. The molecule has 0 aliphatic rings. The quantitative estimate of drug-likeness (QED) is 0.578. The Morgan fingerprint density at radius 2 is 1.83 bits per heavy atom. The minimum absolute atomic E-state index is 0.103. The van der Waals surface area contributed by atoms with Crippen molar-refractivity contribution in [2.24, 2.45) is 7.05 Å². The molecule has 0 saturated carbocycles. The molecule has 3 rings (SSSR count). The first-order valence-electron chi connectivity index (χ1n) is 8.39. The summed E-state index contributed by atoms with van der Waals surface area (Å²) < 4.78 is 79.0. The number of hydrogen-bond donors (Lipinski definition) is 0. The summed E-state index contributed by atoms with van der Waals surface area (Å²) in [5, 5.41) is 16.8. The molecule has 3 aromatic rings. The third-order valence-electron chi connectivity index (χ3n) is 4.33. The van der Waals surface area contributed by atoms with Gasteiger partial charge in [0.25, 0.3) is 0 Å². The maximum Gasteiger partial charge on any atom is 0.417 e. The van der Waals surface area contributed by atoms with Crippen LogP contribution in [0.2, 0.25) is 0 Å². The molecule has 0 aliphatic carbocycles. The van der Waals surface area contributed by atoms with Gasteiger partial charge in [-0.05, 0) is 24.3 Å². The Morgan fingerprint density at radius 1 is 1.17 bits per heavy atom. The first-order valence-corrected chi connectivity index (χ1v) is 10.0. The van der Waals surface area contributed by atoms with Gasteiger partial charge in [0.05, 0.1) is 21.8 Å². The van der Waals surface area contributed by atoms with Gasteiger partial charge in [-0.3, -0.25) is 4.98 Å². The Kier molecular flexibility index (Phi) is 5.34. The molecule has 0 fully saturated rings. The van der Waals surface area contributed by atoms with Crippen molar-refractivity contribution in [1.29, 1.82) is 5.26 Å². The van der Waals surface area contributed by atoms with Crippen LogP contribution in [-0.4, -0.2) is 33.9 Å². The predicted octanol–water partition coefficient (Wildman–Crippen LogP) is 3.37. The van der Waals surface area contributed by atoms with Crippen LogP contribution < -0.4 is 0 Å². The lowest BCUT2D eigenvalue weighted by Gasteiger charge is -2.12. The maximum absolute atomic E-state index is 13.6. The van der Waals surface area contributed by atoms with E-state index in [0.717, 1.165) is 6.07 Å². The van der Waals surface area contributed by atoms with E-state index in [0.29, 0.717) is 17.8 Å². The standard InChI is InChI=1S/C18H13F4N5O2S/c1-3-30(28,29)14-7-12(18(20,21)22)9-24-15(14)17-26-25-16(27(17)2)10-4-5-13(19)11(6-10)8-23/h4-7,9H,3H2,1-2H3. The zero-order valence-corrected chi connectivity index (χ0v) is 16.4. The Morgan fingerprint density at radius 3 is 2.43 bits per heavy atom. The van der Waals surface area contributed by atoms with E-state index in [4.69, 9.17) is 5.26 Å². The van der Waals surface area contributed by atoms with Crippen LogP contribution in [0.5, 0.6) is 0 Å². The van der Waals surface area contributed by atoms with Crippen LogP contribution in [0.1, 0.15) is 18.1 Å². The molecule has 0 radical (unpaired) electrons. The number of nitriles is 1. The largest absolute Gasteiger partial charge is 0.417 e. The first kappa shape index (κ1) is 21.4. The third kappa shape index (κ3) is 3.76. The van der Waals surface area contributed by atoms with E-state index in [9.17, 15) is 26.0 Å². The second-order valence-corrected chi connectivity index (χ2v) is 8.43. The van der Waals surface area contributed by atoms with E-state index < -0.39 is 38.0 Å². The molecule has 0 amide bonds. The number of pyridine rings is 1. The second kappa shape index (κ2) is 7.49. The van der Waals surface area contributed by atoms with Gasteiger partial charge in [-0.25, -0.2) is 12.8 Å². The summed E-state index contributed by atoms with van der Waals surface area (Å²) in [6.07, 6.45) is -4.26. The van der Waals surface area contributed by atoms with Gasteiger partial charge in [-0.2, -0.15) is 18.4 Å². The van der Waals surface area contributed by atoms with Crippen molar-refractivity contribution in [2.45, 2.75) is 18.0 Å². The number of aromatic nitrogens is 4. The molecular weight excluding hydrogens is 426 g/mol. The zero-order valence-electron chi connectivity index (χ0n) is 15.6. The number of alkyl halides is 3. The lowest BCUT2D eigenvalue weighted by Crippen LogP contribution is -2.13. The summed E-state index contributed by atoms with van der Waals surface area (Å²) in [5.41, 5.74) is -1.44. The fourth-order valence-electron chi connectivity index (χ4n) is 2.70. The van der Waals surface area contributed by atoms with E-state index in [1.807, 2.05) is 0 Å². The highest BCUT2D eigenvalue weighted by atomic mass is 32.2. The topological polar surface area (TPSA) is 102 Å². The number of halogens is 4. The number of benzene rings is 1. The van der Waals surface area contributed by atoms with E-state index in [2.05, 4.69) is 15.2 Å². The molecule has 0 saturated heterocycles. The molecule has 0 aliphatic heterocycles. The Bertz CT molecular complexity index is 1280. The van der Waals surface area contributed by atoms with Gasteiger partial charge in [0.1, 0.15) is 17.6 Å². The summed E-state index contributed by atoms with van der Waals surface area (Å²) in [6.45, 7) is 1.30. The lowest BCUT2D eigenvalue weighted by atomic mass is 10.1. The normalized spacial score (nSPS) is 12.0. The van der Waals surface area contributed by atoms with Gasteiger partial charge < -0.3 is 4.57 Å². The molecule has 12 heteroatoms. The SMILES string of the molecule is CCS(=O)(=O)c1cc(C(F)(F)F)cnc1-c1nnc(-c2ccc(F)c(C#N)c2)n1C. The van der Waals surface area contributed by atoms with Gasteiger partial charge >= 0.3 is 6.18 Å². The van der Waals surface area contributed by atoms with Crippen molar-refractivity contribution in [3.8, 4) is 29.0 Å². The minimum atomic E-state index is -4.78. The van der Waals surface area contributed by atoms with E-state index in [1.54, 1.807) is 6.07 Å². The second-order valence-electron chi connectivity index (χ2n) is 6.18. The monoisotopic (exact) mass is 439 g/mol. The Hall–Kier alpha value is -3.33. The highest BCUT2D eigenvalue weighted by Gasteiger charge is 2.34. The van der Waals surface area contributed by atoms with E-state index >= 15 is 0 Å². The summed E-state index contributed by atoms with van der Waals surface area (Å²) in [7, 11) is -2.64. The van der Waals surface area contributed by atoms with Crippen LogP contribution in [0.3, 0.4) is 0 Å². The minimum Gasteiger partial charge on any atom is -0.309 e. The number of sulfone groups is 1.